The largest absolute Gasteiger partial charge is 0.352 e. The SMILES string of the molecule is CCCn1c(=O)c2ccc(C(=O)NC3CCCC3)cc2n2c(=O)n(Cc3ccc(F)cc3)nc12. The Morgan fingerprint density at radius 1 is 1.12 bits per heavy atom. The predicted octanol–water partition coefficient (Wildman–Crippen LogP) is 3.08. The van der Waals surface area contributed by atoms with Crippen molar-refractivity contribution in [3.8, 4) is 0 Å². The monoisotopic (exact) mass is 463 g/mol. The predicted molar refractivity (Wildman–Crippen MR) is 127 cm³/mol. The van der Waals surface area contributed by atoms with Crippen LogP contribution >= 0.6 is 0 Å². The summed E-state index contributed by atoms with van der Waals surface area (Å²) >= 11 is 0. The van der Waals surface area contributed by atoms with Gasteiger partial charge in [-0.3, -0.25) is 14.2 Å². The topological polar surface area (TPSA) is 90.4 Å². The van der Waals surface area contributed by atoms with E-state index in [4.69, 9.17) is 0 Å². The molecule has 176 valence electrons. The first-order valence-electron chi connectivity index (χ1n) is 11.7. The van der Waals surface area contributed by atoms with E-state index in [1.807, 2.05) is 6.92 Å². The Bertz CT molecular complexity index is 1490. The second kappa shape index (κ2) is 8.89. The number of benzene rings is 2. The highest BCUT2D eigenvalue weighted by atomic mass is 19.1. The number of aryl methyl sites for hydroxylation is 1. The second-order valence-corrected chi connectivity index (χ2v) is 8.85. The molecule has 1 aliphatic carbocycles. The smallest absolute Gasteiger partial charge is 0.349 e. The van der Waals surface area contributed by atoms with Gasteiger partial charge < -0.3 is 5.32 Å². The number of rotatable bonds is 6. The fourth-order valence-electron chi connectivity index (χ4n) is 4.69. The van der Waals surface area contributed by atoms with Crippen LogP contribution in [0.3, 0.4) is 0 Å². The Balaban J connectivity index is 1.66. The molecule has 0 aliphatic heterocycles. The lowest BCUT2D eigenvalue weighted by atomic mass is 10.1. The maximum Gasteiger partial charge on any atom is 0.352 e. The molecular weight excluding hydrogens is 437 g/mol. The summed E-state index contributed by atoms with van der Waals surface area (Å²) in [6.07, 6.45) is 4.80. The number of fused-ring (bicyclic) bond motifs is 3. The van der Waals surface area contributed by atoms with Gasteiger partial charge in [0.1, 0.15) is 5.82 Å². The lowest BCUT2D eigenvalue weighted by Crippen LogP contribution is -2.32. The van der Waals surface area contributed by atoms with Gasteiger partial charge in [-0.25, -0.2) is 18.3 Å². The van der Waals surface area contributed by atoms with Gasteiger partial charge in [0.05, 0.1) is 17.4 Å². The summed E-state index contributed by atoms with van der Waals surface area (Å²) in [5, 5.41) is 7.85. The summed E-state index contributed by atoms with van der Waals surface area (Å²) in [6, 6.07) is 10.8. The van der Waals surface area contributed by atoms with Crippen molar-refractivity contribution in [2.24, 2.45) is 0 Å². The van der Waals surface area contributed by atoms with Crippen molar-refractivity contribution < 1.29 is 9.18 Å². The lowest BCUT2D eigenvalue weighted by Gasteiger charge is -2.13. The Hall–Kier alpha value is -3.75. The van der Waals surface area contributed by atoms with Crippen LogP contribution in [0.1, 0.15) is 54.9 Å². The van der Waals surface area contributed by atoms with E-state index in [2.05, 4.69) is 10.4 Å². The maximum atomic E-state index is 13.4. The molecule has 0 saturated heterocycles. The van der Waals surface area contributed by atoms with Crippen LogP contribution in [0.2, 0.25) is 0 Å². The molecule has 4 aromatic rings. The molecule has 1 aliphatic rings. The van der Waals surface area contributed by atoms with Gasteiger partial charge in [-0.1, -0.05) is 31.9 Å². The van der Waals surface area contributed by atoms with Crippen LogP contribution in [0.5, 0.6) is 0 Å². The Kier molecular flexibility index (Phi) is 5.77. The highest BCUT2D eigenvalue weighted by molar-refractivity contribution is 5.98. The number of carbonyl (C=O) groups is 1. The molecule has 9 heteroatoms. The summed E-state index contributed by atoms with van der Waals surface area (Å²) in [5.74, 6) is -0.358. The molecule has 0 unspecified atom stereocenters. The minimum absolute atomic E-state index is 0.129. The number of hydrogen-bond acceptors (Lipinski definition) is 4. The summed E-state index contributed by atoms with van der Waals surface area (Å²) in [5.41, 5.74) is 0.763. The number of nitrogens with zero attached hydrogens (tertiary/aromatic N) is 4. The van der Waals surface area contributed by atoms with Crippen LogP contribution in [0, 0.1) is 5.82 Å². The Labute approximate surface area is 194 Å². The molecule has 0 spiro atoms. The van der Waals surface area contributed by atoms with Gasteiger partial charge in [-0.05, 0) is 55.2 Å². The van der Waals surface area contributed by atoms with Crippen LogP contribution in [0.15, 0.2) is 52.1 Å². The third-order valence-corrected chi connectivity index (χ3v) is 6.42. The van der Waals surface area contributed by atoms with E-state index in [-0.39, 0.29) is 35.6 Å². The average molecular weight is 464 g/mol. The third kappa shape index (κ3) is 3.91. The van der Waals surface area contributed by atoms with Gasteiger partial charge in [0, 0.05) is 18.2 Å². The molecule has 2 aromatic carbocycles. The van der Waals surface area contributed by atoms with Crippen LogP contribution in [0.25, 0.3) is 16.7 Å². The highest BCUT2D eigenvalue weighted by Gasteiger charge is 2.21. The minimum atomic E-state index is -0.428. The number of halogens is 1. The fourth-order valence-corrected chi connectivity index (χ4v) is 4.69. The molecule has 1 saturated carbocycles. The second-order valence-electron chi connectivity index (χ2n) is 8.85. The molecule has 2 heterocycles. The summed E-state index contributed by atoms with van der Waals surface area (Å²) in [7, 11) is 0. The molecule has 0 bridgehead atoms. The Morgan fingerprint density at radius 3 is 2.56 bits per heavy atom. The van der Waals surface area contributed by atoms with E-state index in [1.54, 1.807) is 30.3 Å². The zero-order valence-electron chi connectivity index (χ0n) is 19.0. The van der Waals surface area contributed by atoms with Crippen molar-refractivity contribution in [3.63, 3.8) is 0 Å². The van der Waals surface area contributed by atoms with E-state index in [0.29, 0.717) is 35.0 Å². The van der Waals surface area contributed by atoms with Crippen molar-refractivity contribution in [2.45, 2.75) is 58.2 Å². The average Bonchev–Trinajstić information content (AvgIpc) is 3.46. The van der Waals surface area contributed by atoms with Gasteiger partial charge in [0.15, 0.2) is 0 Å². The molecular formula is C25H26FN5O3. The van der Waals surface area contributed by atoms with E-state index in [1.165, 1.54) is 25.8 Å². The van der Waals surface area contributed by atoms with Crippen LogP contribution in [-0.4, -0.2) is 30.7 Å². The summed E-state index contributed by atoms with van der Waals surface area (Å²) in [6.45, 7) is 2.47. The van der Waals surface area contributed by atoms with E-state index < -0.39 is 5.69 Å². The number of carbonyl (C=O) groups excluding carboxylic acids is 1. The number of aromatic nitrogens is 4. The lowest BCUT2D eigenvalue weighted by molar-refractivity contribution is 0.0938. The van der Waals surface area contributed by atoms with E-state index in [9.17, 15) is 18.8 Å². The number of hydrogen-bond donors (Lipinski definition) is 1. The van der Waals surface area contributed by atoms with Gasteiger partial charge >= 0.3 is 5.69 Å². The summed E-state index contributed by atoms with van der Waals surface area (Å²) in [4.78, 5) is 39.5. The molecule has 0 atom stereocenters. The van der Waals surface area contributed by atoms with Crippen molar-refractivity contribution >= 4 is 22.6 Å². The first-order chi connectivity index (χ1) is 16.5. The molecule has 0 radical (unpaired) electrons. The van der Waals surface area contributed by atoms with Gasteiger partial charge in [0.2, 0.25) is 5.78 Å². The van der Waals surface area contributed by atoms with E-state index >= 15 is 0 Å². The Morgan fingerprint density at radius 2 is 1.85 bits per heavy atom. The van der Waals surface area contributed by atoms with Crippen LogP contribution in [0.4, 0.5) is 4.39 Å². The first kappa shape index (κ1) is 22.1. The standard InChI is InChI=1S/C25H26FN5O3/c1-2-13-29-23(33)20-12-9-17(22(32)27-19-5-3-4-6-19)14-21(20)31-24(29)28-30(25(31)34)15-16-7-10-18(26)11-8-16/h7-12,14,19H,2-6,13,15H2,1H3,(H,27,32). The van der Waals surface area contributed by atoms with Crippen molar-refractivity contribution in [1.29, 1.82) is 0 Å². The molecule has 1 fully saturated rings. The molecule has 1 amide bonds. The molecule has 34 heavy (non-hydrogen) atoms. The van der Waals surface area contributed by atoms with Crippen molar-refractivity contribution in [1.82, 2.24) is 24.1 Å². The molecule has 5 rings (SSSR count). The summed E-state index contributed by atoms with van der Waals surface area (Å²) < 4.78 is 17.4. The van der Waals surface area contributed by atoms with Crippen LogP contribution in [-0.2, 0) is 13.1 Å². The van der Waals surface area contributed by atoms with Gasteiger partial charge in [-0.2, -0.15) is 0 Å². The highest BCUT2D eigenvalue weighted by Crippen LogP contribution is 2.19. The van der Waals surface area contributed by atoms with E-state index in [0.717, 1.165) is 25.7 Å². The normalized spacial score (nSPS) is 14.3. The first-order valence-corrected chi connectivity index (χ1v) is 11.7. The zero-order valence-corrected chi connectivity index (χ0v) is 19.0. The fraction of sp³-hybridized carbons (Fsp3) is 0.360. The van der Waals surface area contributed by atoms with Crippen molar-refractivity contribution in [2.75, 3.05) is 0 Å². The number of nitrogens with one attached hydrogen (secondary N) is 1. The molecule has 8 nitrogen and oxygen atoms in total. The van der Waals surface area contributed by atoms with Gasteiger partial charge in [-0.15, -0.1) is 5.10 Å². The third-order valence-electron chi connectivity index (χ3n) is 6.42. The minimum Gasteiger partial charge on any atom is -0.349 e. The maximum absolute atomic E-state index is 13.4. The number of amides is 1. The van der Waals surface area contributed by atoms with Crippen LogP contribution < -0.4 is 16.6 Å². The molecule has 2 aromatic heterocycles. The quantitative estimate of drug-likeness (QED) is 0.476. The molecule has 1 N–H and O–H groups in total. The zero-order chi connectivity index (χ0) is 23.8. The van der Waals surface area contributed by atoms with Gasteiger partial charge in [0.25, 0.3) is 11.5 Å². The van der Waals surface area contributed by atoms with Crippen molar-refractivity contribution in [3.05, 3.63) is 80.2 Å².